The molecule has 0 fully saturated rings. The summed E-state index contributed by atoms with van der Waals surface area (Å²) in [6.07, 6.45) is 0. The molecule has 22 valence electrons. The topological polar surface area (TPSA) is 0 Å². The molecule has 0 radical (unpaired) electrons. The third-order valence-corrected chi connectivity index (χ3v) is 0. The van der Waals surface area contributed by atoms with E-state index in [9.17, 15) is 0 Å². The Hall–Kier alpha value is 2.63. The predicted octanol–water partition coefficient (Wildman–Crippen LogP) is -0.565. The molecule has 0 rings (SSSR count). The Morgan fingerprint density at radius 3 is 1.00 bits per heavy atom. The third kappa shape index (κ3) is 8.82. The molecule has 0 N–H and O–H groups in total. The van der Waals surface area contributed by atoms with Crippen LogP contribution in [0.25, 0.3) is 0 Å². The van der Waals surface area contributed by atoms with Gasteiger partial charge in [-0.1, -0.05) is 0 Å². The van der Waals surface area contributed by atoms with Crippen LogP contribution in [0.5, 0.6) is 0 Å². The first kappa shape index (κ1) is 30.4. The summed E-state index contributed by atoms with van der Waals surface area (Å²) < 4.78 is 0. The van der Waals surface area contributed by atoms with Crippen molar-refractivity contribution in [2.45, 2.75) is 0 Å². The molecule has 0 spiro atoms. The summed E-state index contributed by atoms with van der Waals surface area (Å²) in [4.78, 5) is 0. The minimum atomic E-state index is 0. The zero-order chi connectivity index (χ0) is 0. The third-order valence-electron chi connectivity index (χ3n) is 0. The van der Waals surface area contributed by atoms with Crippen LogP contribution in [0.15, 0.2) is 0 Å². The van der Waals surface area contributed by atoms with Crippen molar-refractivity contribution in [3.8, 4) is 0 Å². The Labute approximate surface area is 84.4 Å². The fraction of sp³-hybridized carbons (Fsp3) is 0. The van der Waals surface area contributed by atoms with Gasteiger partial charge in [-0.05, 0) is 0 Å². The van der Waals surface area contributed by atoms with Crippen LogP contribution in [0.3, 0.4) is 0 Å². The van der Waals surface area contributed by atoms with Crippen molar-refractivity contribution >= 4 is 86.0 Å². The Kier molecular flexibility index (Phi) is 133. The van der Waals surface area contributed by atoms with Crippen molar-refractivity contribution < 1.29 is 0 Å². The molecule has 0 aromatic carbocycles. The molecule has 0 amide bonds. The van der Waals surface area contributed by atoms with Gasteiger partial charge >= 0.3 is 56.6 Å². The zero-order valence-corrected chi connectivity index (χ0v) is 3.35. The minimum absolute atomic E-state index is 0. The molecule has 0 aliphatic rings. The first-order valence-electron chi connectivity index (χ1n) is 0. The van der Waals surface area contributed by atoms with Crippen LogP contribution in [0, 0.1) is 0 Å². The van der Waals surface area contributed by atoms with Crippen molar-refractivity contribution in [2.75, 3.05) is 0 Å². The van der Waals surface area contributed by atoms with Gasteiger partial charge in [0.25, 0.3) is 0 Å². The molecule has 0 unspecified atom stereocenters. The van der Waals surface area contributed by atoms with E-state index in [-0.39, 0.29) is 86.0 Å². The molecule has 0 aliphatic carbocycles. The van der Waals surface area contributed by atoms with Gasteiger partial charge in [0.2, 0.25) is 0 Å². The van der Waals surface area contributed by atoms with Crippen LogP contribution in [0.2, 0.25) is 0 Å². The number of rotatable bonds is 0. The molecule has 0 aliphatic heterocycles. The summed E-state index contributed by atoms with van der Waals surface area (Å²) in [6.45, 7) is 0. The molecule has 0 saturated carbocycles. The quantitative estimate of drug-likeness (QED) is 0.424. The first-order chi connectivity index (χ1) is 0. The van der Waals surface area contributed by atoms with Gasteiger partial charge in [0, 0.05) is 0 Å². The second-order valence-electron chi connectivity index (χ2n) is 0. The van der Waals surface area contributed by atoms with E-state index < -0.39 is 0 Å². The second kappa shape index (κ2) is 17.5. The molecule has 0 nitrogen and oxygen atoms in total. The Bertz CT molecular complexity index is 8.00. The maximum absolute atomic E-state index is 0. The molecule has 0 aromatic rings. The van der Waals surface area contributed by atoms with Gasteiger partial charge < -0.3 is 0 Å². The van der Waals surface area contributed by atoms with E-state index >= 15 is 0 Å². The van der Waals surface area contributed by atoms with Crippen molar-refractivity contribution in [2.24, 2.45) is 0 Å². The van der Waals surface area contributed by atoms with E-state index in [2.05, 4.69) is 0 Å². The molecule has 0 saturated heterocycles. The van der Waals surface area contributed by atoms with Crippen molar-refractivity contribution in [3.63, 3.8) is 0 Å². The predicted molar refractivity (Wildman–Crippen MR) is 33.3 cm³/mol. The van der Waals surface area contributed by atoms with Crippen molar-refractivity contribution in [3.05, 3.63) is 0 Å². The van der Waals surface area contributed by atoms with E-state index in [4.69, 9.17) is 0 Å². The van der Waals surface area contributed by atoms with E-state index in [1.54, 1.807) is 0 Å². The molecule has 0 aromatic heterocycles. The summed E-state index contributed by atoms with van der Waals surface area (Å²) in [7, 11) is 0. The molecule has 4 heteroatoms. The average molecular weight is 167 g/mol. The van der Waals surface area contributed by atoms with Crippen LogP contribution >= 0.6 is 29.4 Å². The average Bonchev–Trinajstić information content (AvgIpc) is 0. The van der Waals surface area contributed by atoms with E-state index in [1.807, 2.05) is 0 Å². The van der Waals surface area contributed by atoms with Gasteiger partial charge in [-0.2, -0.15) is 0 Å². The summed E-state index contributed by atoms with van der Waals surface area (Å²) in [6, 6.07) is 0. The van der Waals surface area contributed by atoms with Gasteiger partial charge in [-0.3, -0.25) is 0 Å². The molecular formula is H5BrCaClLi. The van der Waals surface area contributed by atoms with Crippen LogP contribution < -0.4 is 0 Å². The maximum atomic E-state index is 0. The first-order valence-corrected chi connectivity index (χ1v) is 0. The fourth-order valence-corrected chi connectivity index (χ4v) is 0. The van der Waals surface area contributed by atoms with Crippen molar-refractivity contribution in [1.82, 2.24) is 0 Å². The normalized spacial score (nSPS) is 0. The molecular weight excluding hydrogens is 162 g/mol. The number of halogens is 2. The number of hydrogen-bond acceptors (Lipinski definition) is 0. The summed E-state index contributed by atoms with van der Waals surface area (Å²) in [5.74, 6) is 0. The monoisotopic (exact) mass is 166 g/mol. The Morgan fingerprint density at radius 2 is 1.00 bits per heavy atom. The molecule has 0 heterocycles. The van der Waals surface area contributed by atoms with Crippen LogP contribution in [0.4, 0.5) is 0 Å². The summed E-state index contributed by atoms with van der Waals surface area (Å²) >= 11 is 0. The van der Waals surface area contributed by atoms with Gasteiger partial charge in [-0.15, -0.1) is 29.4 Å². The number of hydrogen-bond donors (Lipinski definition) is 0. The van der Waals surface area contributed by atoms with E-state index in [0.717, 1.165) is 0 Å². The van der Waals surface area contributed by atoms with Gasteiger partial charge in [0.15, 0.2) is 0 Å². The molecule has 0 bridgehead atoms. The standard InChI is InChI=1S/BrH.Ca.ClH.Li.3H/h1H;;1H;;;;. The van der Waals surface area contributed by atoms with Crippen LogP contribution in [-0.2, 0) is 0 Å². The van der Waals surface area contributed by atoms with Gasteiger partial charge in [0.1, 0.15) is 0 Å². The van der Waals surface area contributed by atoms with Crippen LogP contribution in [0.1, 0.15) is 0 Å². The summed E-state index contributed by atoms with van der Waals surface area (Å²) in [5, 5.41) is 0. The Balaban J connectivity index is 0. The summed E-state index contributed by atoms with van der Waals surface area (Å²) in [5.41, 5.74) is 0. The van der Waals surface area contributed by atoms with Crippen molar-refractivity contribution in [1.29, 1.82) is 0 Å². The second-order valence-corrected chi connectivity index (χ2v) is 0. The molecule has 0 atom stereocenters. The fourth-order valence-electron chi connectivity index (χ4n) is 0. The van der Waals surface area contributed by atoms with Crippen LogP contribution in [-0.4, -0.2) is 56.6 Å². The molecule has 4 heavy (non-hydrogen) atoms. The van der Waals surface area contributed by atoms with Gasteiger partial charge in [0.05, 0.1) is 0 Å². The van der Waals surface area contributed by atoms with Gasteiger partial charge in [-0.25, -0.2) is 0 Å². The SMILES string of the molecule is Br.Cl.[CaH2].[LiH]. The Morgan fingerprint density at radius 1 is 1.00 bits per heavy atom. The van der Waals surface area contributed by atoms with E-state index in [1.165, 1.54) is 0 Å². The van der Waals surface area contributed by atoms with E-state index in [0.29, 0.717) is 0 Å². The zero-order valence-electron chi connectivity index (χ0n) is 0.816.